The number of nitrogens with one attached hydrogen (secondary N) is 2. The van der Waals surface area contributed by atoms with Crippen molar-refractivity contribution in [3.8, 4) is 17.0 Å². The molecule has 4 rings (SSSR count). The highest BCUT2D eigenvalue weighted by Crippen LogP contribution is 2.29. The lowest BCUT2D eigenvalue weighted by Crippen LogP contribution is -2.16. The quantitative estimate of drug-likeness (QED) is 0.277. The molecule has 3 aromatic carbocycles. The third-order valence-electron chi connectivity index (χ3n) is 5.73. The summed E-state index contributed by atoms with van der Waals surface area (Å²) in [5.41, 5.74) is 6.01. The molecule has 0 unspecified atom stereocenters. The number of aryl methyl sites for hydroxylation is 3. The number of carbonyl (C=O) groups is 1. The molecule has 1 aromatic heterocycles. The summed E-state index contributed by atoms with van der Waals surface area (Å²) in [6.45, 7) is 5.83. The Labute approximate surface area is 212 Å². The van der Waals surface area contributed by atoms with Crippen LogP contribution in [-0.4, -0.2) is 22.2 Å². The molecule has 0 aliphatic carbocycles. The van der Waals surface area contributed by atoms with Crippen molar-refractivity contribution >= 4 is 23.2 Å². The minimum absolute atomic E-state index is 0.215. The van der Waals surface area contributed by atoms with Gasteiger partial charge in [0.15, 0.2) is 0 Å². The van der Waals surface area contributed by atoms with Crippen LogP contribution < -0.4 is 15.4 Å². The maximum absolute atomic E-state index is 12.7. The summed E-state index contributed by atoms with van der Waals surface area (Å²) in [5, 5.41) is 6.08. The summed E-state index contributed by atoms with van der Waals surface area (Å²) >= 11 is 0. The number of aromatic nitrogens is 2. The van der Waals surface area contributed by atoms with Gasteiger partial charge in [0.05, 0.1) is 5.69 Å². The molecule has 4 aromatic rings. The number of hydrogen-bond donors (Lipinski definition) is 2. The molecule has 0 fully saturated rings. The Hall–Kier alpha value is -4.40. The topological polar surface area (TPSA) is 76.1 Å². The Morgan fingerprint density at radius 1 is 0.946 bits per heavy atom. The summed E-state index contributed by atoms with van der Waals surface area (Å²) in [6.07, 6.45) is -2.44. The Morgan fingerprint density at radius 3 is 2.19 bits per heavy atom. The van der Waals surface area contributed by atoms with Crippen molar-refractivity contribution in [1.82, 2.24) is 9.97 Å². The highest BCUT2D eigenvalue weighted by molar-refractivity contribution is 6.05. The Balaban J connectivity index is 1.50. The first kappa shape index (κ1) is 25.7. The van der Waals surface area contributed by atoms with Crippen LogP contribution in [0.2, 0.25) is 0 Å². The molecular weight excluding hydrogens is 481 g/mol. The molecule has 37 heavy (non-hydrogen) atoms. The average molecular weight is 507 g/mol. The van der Waals surface area contributed by atoms with E-state index in [-0.39, 0.29) is 11.7 Å². The zero-order valence-corrected chi connectivity index (χ0v) is 20.5. The van der Waals surface area contributed by atoms with Gasteiger partial charge < -0.3 is 15.4 Å². The number of hydrogen-bond acceptors (Lipinski definition) is 5. The molecule has 1 heterocycles. The minimum Gasteiger partial charge on any atom is -0.406 e. The fourth-order valence-corrected chi connectivity index (χ4v) is 3.82. The SMILES string of the molecule is CCc1cnc(Nc2ccc(C(=O)Nc3c(C)cccc3C)cc2)nc1-c1ccc(OC(F)(F)F)cc1. The molecule has 2 N–H and O–H groups in total. The first-order valence-corrected chi connectivity index (χ1v) is 11.6. The predicted octanol–water partition coefficient (Wildman–Crippen LogP) is 7.22. The lowest BCUT2D eigenvalue weighted by molar-refractivity contribution is -0.274. The van der Waals surface area contributed by atoms with E-state index in [1.54, 1.807) is 30.5 Å². The molecule has 0 saturated heterocycles. The molecule has 0 spiro atoms. The van der Waals surface area contributed by atoms with E-state index in [0.717, 1.165) is 22.4 Å². The highest BCUT2D eigenvalue weighted by Gasteiger charge is 2.31. The average Bonchev–Trinajstić information content (AvgIpc) is 2.86. The summed E-state index contributed by atoms with van der Waals surface area (Å²) in [5.74, 6) is -0.202. The van der Waals surface area contributed by atoms with Crippen LogP contribution in [0.15, 0.2) is 72.9 Å². The van der Waals surface area contributed by atoms with E-state index in [2.05, 4.69) is 25.3 Å². The van der Waals surface area contributed by atoms with E-state index in [9.17, 15) is 18.0 Å². The van der Waals surface area contributed by atoms with Crippen molar-refractivity contribution in [2.45, 2.75) is 33.6 Å². The number of benzene rings is 3. The van der Waals surface area contributed by atoms with Crippen LogP contribution >= 0.6 is 0 Å². The predicted molar refractivity (Wildman–Crippen MR) is 137 cm³/mol. The Morgan fingerprint density at radius 2 is 1.59 bits per heavy atom. The van der Waals surface area contributed by atoms with Crippen molar-refractivity contribution in [3.63, 3.8) is 0 Å². The van der Waals surface area contributed by atoms with Crippen LogP contribution in [0, 0.1) is 13.8 Å². The number of carbonyl (C=O) groups excluding carboxylic acids is 1. The number of rotatable bonds is 7. The largest absolute Gasteiger partial charge is 0.573 e. The second-order valence-corrected chi connectivity index (χ2v) is 8.42. The Bertz CT molecular complexity index is 1380. The van der Waals surface area contributed by atoms with Crippen molar-refractivity contribution in [3.05, 3.63) is 95.2 Å². The second kappa shape index (κ2) is 10.7. The third kappa shape index (κ3) is 6.43. The monoisotopic (exact) mass is 506 g/mol. The number of ether oxygens (including phenoxy) is 1. The Kier molecular flexibility index (Phi) is 7.42. The molecule has 0 radical (unpaired) electrons. The molecule has 9 heteroatoms. The fraction of sp³-hybridized carbons (Fsp3) is 0.179. The number of halogens is 3. The number of para-hydroxylation sites is 1. The zero-order chi connectivity index (χ0) is 26.6. The smallest absolute Gasteiger partial charge is 0.406 e. The number of alkyl halides is 3. The van der Waals surface area contributed by atoms with Gasteiger partial charge in [-0.2, -0.15) is 0 Å². The summed E-state index contributed by atoms with van der Waals surface area (Å²) in [7, 11) is 0. The number of amides is 1. The highest BCUT2D eigenvalue weighted by atomic mass is 19.4. The van der Waals surface area contributed by atoms with Gasteiger partial charge in [0.25, 0.3) is 5.91 Å². The van der Waals surface area contributed by atoms with Gasteiger partial charge in [0.2, 0.25) is 5.95 Å². The maximum Gasteiger partial charge on any atom is 0.573 e. The number of nitrogens with zero attached hydrogens (tertiary/aromatic N) is 2. The van der Waals surface area contributed by atoms with Gasteiger partial charge in [-0.25, -0.2) is 9.97 Å². The molecule has 0 aliphatic rings. The molecule has 0 bridgehead atoms. The molecule has 190 valence electrons. The molecule has 6 nitrogen and oxygen atoms in total. The van der Waals surface area contributed by atoms with Crippen molar-refractivity contribution in [1.29, 1.82) is 0 Å². The standard InChI is InChI=1S/C28H25F3N4O2/c1-4-19-16-32-27(35-25(19)20-10-14-23(15-11-20)37-28(29,30)31)33-22-12-8-21(9-13-22)26(36)34-24-17(2)6-5-7-18(24)3/h5-16H,4H2,1-3H3,(H,34,36)(H,32,33,35). The lowest BCUT2D eigenvalue weighted by Gasteiger charge is -2.13. The zero-order valence-electron chi connectivity index (χ0n) is 20.5. The molecule has 0 saturated carbocycles. The van der Waals surface area contributed by atoms with Gasteiger partial charge in [-0.15, -0.1) is 13.2 Å². The van der Waals surface area contributed by atoms with Gasteiger partial charge in [0.1, 0.15) is 5.75 Å². The van der Waals surface area contributed by atoms with E-state index >= 15 is 0 Å². The van der Waals surface area contributed by atoms with E-state index in [0.29, 0.717) is 34.9 Å². The van der Waals surface area contributed by atoms with E-state index in [1.807, 2.05) is 39.0 Å². The fourth-order valence-electron chi connectivity index (χ4n) is 3.82. The third-order valence-corrected chi connectivity index (χ3v) is 5.73. The van der Waals surface area contributed by atoms with E-state index in [4.69, 9.17) is 0 Å². The van der Waals surface area contributed by atoms with Crippen LogP contribution in [0.3, 0.4) is 0 Å². The summed E-state index contributed by atoms with van der Waals surface area (Å²) in [6, 6.07) is 18.3. The van der Waals surface area contributed by atoms with Gasteiger partial charge >= 0.3 is 6.36 Å². The van der Waals surface area contributed by atoms with Crippen LogP contribution in [0.1, 0.15) is 34.0 Å². The van der Waals surface area contributed by atoms with Crippen molar-refractivity contribution in [2.24, 2.45) is 0 Å². The van der Waals surface area contributed by atoms with E-state index < -0.39 is 6.36 Å². The molecular formula is C28H25F3N4O2. The first-order chi connectivity index (χ1) is 17.6. The van der Waals surface area contributed by atoms with Crippen LogP contribution in [0.5, 0.6) is 5.75 Å². The summed E-state index contributed by atoms with van der Waals surface area (Å²) in [4.78, 5) is 21.7. The van der Waals surface area contributed by atoms with Crippen molar-refractivity contribution < 1.29 is 22.7 Å². The van der Waals surface area contributed by atoms with E-state index in [1.165, 1.54) is 24.3 Å². The van der Waals surface area contributed by atoms with Gasteiger partial charge in [-0.3, -0.25) is 4.79 Å². The molecule has 1 amide bonds. The minimum atomic E-state index is -4.75. The number of anilines is 3. The maximum atomic E-state index is 12.7. The lowest BCUT2D eigenvalue weighted by atomic mass is 10.1. The van der Waals surface area contributed by atoms with Crippen LogP contribution in [0.4, 0.5) is 30.5 Å². The molecule has 0 atom stereocenters. The van der Waals surface area contributed by atoms with Crippen molar-refractivity contribution in [2.75, 3.05) is 10.6 Å². The van der Waals surface area contributed by atoms with Gasteiger partial charge in [-0.05, 0) is 85.5 Å². The molecule has 0 aliphatic heterocycles. The van der Waals surface area contributed by atoms with Gasteiger partial charge in [0, 0.05) is 28.7 Å². The first-order valence-electron chi connectivity index (χ1n) is 11.6. The second-order valence-electron chi connectivity index (χ2n) is 8.42. The van der Waals surface area contributed by atoms with Crippen LogP contribution in [0.25, 0.3) is 11.3 Å². The summed E-state index contributed by atoms with van der Waals surface area (Å²) < 4.78 is 41.4. The normalized spacial score (nSPS) is 11.2. The van der Waals surface area contributed by atoms with Crippen LogP contribution in [-0.2, 0) is 6.42 Å². The van der Waals surface area contributed by atoms with Gasteiger partial charge in [-0.1, -0.05) is 25.1 Å².